The third-order valence-electron chi connectivity index (χ3n) is 6.43. The zero-order valence-corrected chi connectivity index (χ0v) is 21.4. The highest BCUT2D eigenvalue weighted by molar-refractivity contribution is 6.30. The molecule has 196 valence electrons. The standard InChI is InChI=1S/C27H22ClFN8O2/c1-15-2-7-19(35-27(38)37-22(8-9-39-37)16-3-5-18(29)6-4-16)11-21(15)36-25-20(10-17(28)12-30-25)23-24-26(33-13-31-23)34-14-32-24/h2-7,10-14,22H,8-9H2,1H3,(H,30,36)(H,35,38)(H,31,32,33,34)/t22-/m1/s1. The molecule has 1 fully saturated rings. The van der Waals surface area contributed by atoms with E-state index in [0.717, 1.165) is 16.8 Å². The van der Waals surface area contributed by atoms with Gasteiger partial charge >= 0.3 is 6.03 Å². The van der Waals surface area contributed by atoms with Crippen LogP contribution in [0.4, 0.5) is 26.4 Å². The van der Waals surface area contributed by atoms with E-state index in [2.05, 4.69) is 35.6 Å². The van der Waals surface area contributed by atoms with E-state index in [1.807, 2.05) is 19.1 Å². The number of fused-ring (bicyclic) bond motifs is 1. The SMILES string of the molecule is Cc1ccc(NC(=O)N2OCC[C@@H]2c2ccc(F)cc2)cc1Nc1ncc(Cl)cc1-c1ncnc2nc[nH]c12. The van der Waals surface area contributed by atoms with E-state index < -0.39 is 6.03 Å². The monoisotopic (exact) mass is 544 g/mol. The lowest BCUT2D eigenvalue weighted by atomic mass is 10.0. The summed E-state index contributed by atoms with van der Waals surface area (Å²) in [5, 5.41) is 7.99. The summed E-state index contributed by atoms with van der Waals surface area (Å²) in [5.41, 5.74) is 5.42. The van der Waals surface area contributed by atoms with Crippen LogP contribution in [0.25, 0.3) is 22.4 Å². The van der Waals surface area contributed by atoms with Crippen LogP contribution in [0.3, 0.4) is 0 Å². The molecule has 3 aromatic heterocycles. The molecule has 0 unspecified atom stereocenters. The van der Waals surface area contributed by atoms with Gasteiger partial charge in [-0.2, -0.15) is 5.06 Å². The fourth-order valence-electron chi connectivity index (χ4n) is 4.49. The van der Waals surface area contributed by atoms with Crippen LogP contribution in [0.5, 0.6) is 0 Å². The van der Waals surface area contributed by atoms with Gasteiger partial charge in [-0.15, -0.1) is 0 Å². The Morgan fingerprint density at radius 2 is 1.97 bits per heavy atom. The van der Waals surface area contributed by atoms with Gasteiger partial charge in [-0.25, -0.2) is 29.1 Å². The molecule has 1 aliphatic rings. The van der Waals surface area contributed by atoms with Gasteiger partial charge in [0.2, 0.25) is 0 Å². The van der Waals surface area contributed by atoms with E-state index >= 15 is 0 Å². The Morgan fingerprint density at radius 3 is 2.82 bits per heavy atom. The Labute approximate surface area is 227 Å². The number of hydrogen-bond acceptors (Lipinski definition) is 7. The van der Waals surface area contributed by atoms with Gasteiger partial charge in [0.05, 0.1) is 24.0 Å². The number of amides is 2. The number of carbonyl (C=O) groups is 1. The molecule has 3 N–H and O–H groups in total. The summed E-state index contributed by atoms with van der Waals surface area (Å²) in [6.45, 7) is 2.32. The molecule has 1 aliphatic heterocycles. The second-order valence-electron chi connectivity index (χ2n) is 8.97. The summed E-state index contributed by atoms with van der Waals surface area (Å²) in [4.78, 5) is 39.1. The van der Waals surface area contributed by atoms with Gasteiger partial charge in [-0.05, 0) is 48.4 Å². The Morgan fingerprint density at radius 1 is 1.13 bits per heavy atom. The summed E-state index contributed by atoms with van der Waals surface area (Å²) in [6, 6.07) is 12.6. The van der Waals surface area contributed by atoms with Crippen molar-refractivity contribution in [1.82, 2.24) is 30.0 Å². The van der Waals surface area contributed by atoms with Crippen molar-refractivity contribution in [2.24, 2.45) is 0 Å². The van der Waals surface area contributed by atoms with Crippen molar-refractivity contribution in [3.63, 3.8) is 0 Å². The number of imidazole rings is 1. The smallest absolute Gasteiger partial charge is 0.341 e. The third kappa shape index (κ3) is 4.97. The number of anilines is 3. The predicted molar refractivity (Wildman–Crippen MR) is 145 cm³/mol. The first-order valence-electron chi connectivity index (χ1n) is 12.1. The minimum absolute atomic E-state index is 0.318. The molecular weight excluding hydrogens is 523 g/mol. The van der Waals surface area contributed by atoms with E-state index in [-0.39, 0.29) is 11.9 Å². The number of hydrogen-bond donors (Lipinski definition) is 3. The number of H-pyrrole nitrogens is 1. The Kier molecular flexibility index (Phi) is 6.51. The molecule has 10 nitrogen and oxygen atoms in total. The second-order valence-corrected chi connectivity index (χ2v) is 9.41. The van der Waals surface area contributed by atoms with Crippen LogP contribution in [0.1, 0.15) is 23.6 Å². The molecule has 2 amide bonds. The highest BCUT2D eigenvalue weighted by Crippen LogP contribution is 2.35. The zero-order chi connectivity index (χ0) is 26.9. The maximum Gasteiger partial charge on any atom is 0.346 e. The molecule has 0 aliphatic carbocycles. The Hall–Kier alpha value is -4.61. The van der Waals surface area contributed by atoms with Crippen LogP contribution in [0.15, 0.2) is 67.4 Å². The molecule has 1 atom stereocenters. The normalized spacial score (nSPS) is 15.1. The molecule has 0 radical (unpaired) electrons. The zero-order valence-electron chi connectivity index (χ0n) is 20.7. The van der Waals surface area contributed by atoms with Crippen LogP contribution in [-0.2, 0) is 4.84 Å². The van der Waals surface area contributed by atoms with Crippen LogP contribution in [0, 0.1) is 12.7 Å². The summed E-state index contributed by atoms with van der Waals surface area (Å²) < 4.78 is 13.4. The first kappa shape index (κ1) is 24.7. The van der Waals surface area contributed by atoms with Crippen LogP contribution in [-0.4, -0.2) is 42.6 Å². The van der Waals surface area contributed by atoms with Crippen molar-refractivity contribution in [2.45, 2.75) is 19.4 Å². The Balaban J connectivity index is 1.26. The van der Waals surface area contributed by atoms with E-state index in [1.165, 1.54) is 23.5 Å². The van der Waals surface area contributed by atoms with Gasteiger partial charge in [0.25, 0.3) is 0 Å². The van der Waals surface area contributed by atoms with Crippen LogP contribution in [0.2, 0.25) is 5.02 Å². The van der Waals surface area contributed by atoms with Crippen LogP contribution < -0.4 is 10.6 Å². The summed E-state index contributed by atoms with van der Waals surface area (Å²) in [7, 11) is 0. The number of rotatable bonds is 5. The maximum absolute atomic E-state index is 13.4. The third-order valence-corrected chi connectivity index (χ3v) is 6.64. The number of pyridine rings is 1. The van der Waals surface area contributed by atoms with Crippen molar-refractivity contribution in [1.29, 1.82) is 0 Å². The highest BCUT2D eigenvalue weighted by Gasteiger charge is 2.32. The van der Waals surface area contributed by atoms with Gasteiger partial charge < -0.3 is 15.6 Å². The second kappa shape index (κ2) is 10.3. The summed E-state index contributed by atoms with van der Waals surface area (Å²) in [5.74, 6) is 0.181. The van der Waals surface area contributed by atoms with Gasteiger partial charge in [-0.1, -0.05) is 29.8 Å². The topological polar surface area (TPSA) is 121 Å². The predicted octanol–water partition coefficient (Wildman–Crippen LogP) is 6.17. The molecule has 4 heterocycles. The van der Waals surface area contributed by atoms with Gasteiger partial charge in [0, 0.05) is 29.6 Å². The van der Waals surface area contributed by atoms with E-state index in [0.29, 0.717) is 52.0 Å². The fraction of sp³-hybridized carbons (Fsp3) is 0.148. The van der Waals surface area contributed by atoms with E-state index in [1.54, 1.807) is 36.8 Å². The molecule has 39 heavy (non-hydrogen) atoms. The molecular formula is C27H22ClFN8O2. The van der Waals surface area contributed by atoms with Gasteiger partial charge in [0.1, 0.15) is 29.2 Å². The number of aryl methyl sites for hydroxylation is 1. The fourth-order valence-corrected chi connectivity index (χ4v) is 4.64. The van der Waals surface area contributed by atoms with Crippen LogP contribution >= 0.6 is 11.6 Å². The molecule has 0 bridgehead atoms. The van der Waals surface area contributed by atoms with Crippen molar-refractivity contribution < 1.29 is 14.0 Å². The summed E-state index contributed by atoms with van der Waals surface area (Å²) >= 11 is 6.29. The number of nitrogens with one attached hydrogen (secondary N) is 3. The number of carbonyl (C=O) groups excluding carboxylic acids is 1. The number of hydroxylamine groups is 2. The largest absolute Gasteiger partial charge is 0.346 e. The van der Waals surface area contributed by atoms with Crippen molar-refractivity contribution >= 4 is 46.0 Å². The molecule has 6 rings (SSSR count). The van der Waals surface area contributed by atoms with Crippen molar-refractivity contribution in [3.8, 4) is 11.3 Å². The van der Waals surface area contributed by atoms with E-state index in [4.69, 9.17) is 16.4 Å². The number of aromatic amines is 1. The summed E-state index contributed by atoms with van der Waals surface area (Å²) in [6.07, 6.45) is 5.14. The average molecular weight is 545 g/mol. The molecule has 0 saturated carbocycles. The van der Waals surface area contributed by atoms with E-state index in [9.17, 15) is 9.18 Å². The van der Waals surface area contributed by atoms with Crippen molar-refractivity contribution in [2.75, 3.05) is 17.2 Å². The van der Waals surface area contributed by atoms with Crippen molar-refractivity contribution in [3.05, 3.63) is 89.3 Å². The number of halogens is 2. The average Bonchev–Trinajstić information content (AvgIpc) is 3.62. The first-order valence-corrected chi connectivity index (χ1v) is 12.5. The minimum Gasteiger partial charge on any atom is -0.341 e. The Bertz CT molecular complexity index is 1680. The molecule has 0 spiro atoms. The first-order chi connectivity index (χ1) is 19.0. The highest BCUT2D eigenvalue weighted by atomic mass is 35.5. The molecule has 12 heteroatoms. The molecule has 2 aromatic carbocycles. The lowest BCUT2D eigenvalue weighted by molar-refractivity contribution is -0.0829. The quantitative estimate of drug-likeness (QED) is 0.242. The number of benzene rings is 2. The minimum atomic E-state index is -0.426. The lowest BCUT2D eigenvalue weighted by Crippen LogP contribution is -2.33. The number of nitrogens with zero attached hydrogens (tertiary/aromatic N) is 5. The number of aromatic nitrogens is 5. The lowest BCUT2D eigenvalue weighted by Gasteiger charge is -2.23. The molecule has 1 saturated heterocycles. The van der Waals surface area contributed by atoms with Gasteiger partial charge in [-0.3, -0.25) is 4.84 Å². The maximum atomic E-state index is 13.4. The molecule has 5 aromatic rings. The number of urea groups is 1. The van der Waals surface area contributed by atoms with Gasteiger partial charge in [0.15, 0.2) is 5.65 Å².